The summed E-state index contributed by atoms with van der Waals surface area (Å²) in [5.74, 6) is 3.96. The maximum absolute atomic E-state index is 12.7. The predicted molar refractivity (Wildman–Crippen MR) is 103 cm³/mol. The minimum Gasteiger partial charge on any atom is -0.343 e. The molecule has 2 unspecified atom stereocenters. The molecule has 4 nitrogen and oxygen atoms in total. The maximum atomic E-state index is 12.7. The van der Waals surface area contributed by atoms with Crippen molar-refractivity contribution < 1.29 is 14.0 Å². The molecule has 2 rings (SSSR count). The van der Waals surface area contributed by atoms with Gasteiger partial charge >= 0.3 is 0 Å². The molecule has 2 aliphatic heterocycles. The summed E-state index contributed by atoms with van der Waals surface area (Å²) >= 11 is 0. The SMILES string of the molecule is C=C(F)/C=C\C(=C)S(=C)C1CCN(C(=O)C2CCN(C(C)=O)CC2)C1. The van der Waals surface area contributed by atoms with Gasteiger partial charge in [-0.15, -0.1) is 0 Å². The van der Waals surface area contributed by atoms with E-state index in [0.29, 0.717) is 19.6 Å². The number of halogens is 1. The zero-order valence-corrected chi connectivity index (χ0v) is 15.7. The number of amides is 2. The van der Waals surface area contributed by atoms with Crippen LogP contribution >= 0.6 is 10.5 Å². The van der Waals surface area contributed by atoms with Gasteiger partial charge in [-0.1, -0.05) is 19.0 Å². The van der Waals surface area contributed by atoms with Crippen LogP contribution in [0.3, 0.4) is 0 Å². The van der Waals surface area contributed by atoms with E-state index in [1.807, 2.05) is 4.90 Å². The van der Waals surface area contributed by atoms with Crippen LogP contribution in [0.2, 0.25) is 0 Å². The van der Waals surface area contributed by atoms with Crippen molar-refractivity contribution in [2.75, 3.05) is 26.2 Å². The first-order valence-corrected chi connectivity index (χ1v) is 10.0. The molecular formula is C19H27FN2O2S. The Hall–Kier alpha value is -1.69. The van der Waals surface area contributed by atoms with Crippen molar-refractivity contribution in [2.24, 2.45) is 5.92 Å². The van der Waals surface area contributed by atoms with Gasteiger partial charge < -0.3 is 9.80 Å². The van der Waals surface area contributed by atoms with Crippen molar-refractivity contribution >= 4 is 28.2 Å². The lowest BCUT2D eigenvalue weighted by Crippen LogP contribution is -2.43. The molecule has 0 bridgehead atoms. The lowest BCUT2D eigenvalue weighted by molar-refractivity contribution is -0.139. The van der Waals surface area contributed by atoms with Gasteiger partial charge in [0.15, 0.2) is 0 Å². The highest BCUT2D eigenvalue weighted by atomic mass is 32.2. The Balaban J connectivity index is 1.87. The fourth-order valence-electron chi connectivity index (χ4n) is 3.34. The van der Waals surface area contributed by atoms with E-state index in [0.717, 1.165) is 30.7 Å². The highest BCUT2D eigenvalue weighted by Crippen LogP contribution is 2.35. The Morgan fingerprint density at radius 3 is 2.24 bits per heavy atom. The summed E-state index contributed by atoms with van der Waals surface area (Å²) < 4.78 is 12.7. The first-order valence-electron chi connectivity index (χ1n) is 8.58. The van der Waals surface area contributed by atoms with Crippen LogP contribution < -0.4 is 0 Å². The van der Waals surface area contributed by atoms with E-state index in [4.69, 9.17) is 0 Å². The van der Waals surface area contributed by atoms with Gasteiger partial charge in [0.1, 0.15) is 5.83 Å². The molecule has 138 valence electrons. The molecule has 2 heterocycles. The van der Waals surface area contributed by atoms with Gasteiger partial charge in [-0.2, -0.15) is 10.5 Å². The van der Waals surface area contributed by atoms with Crippen LogP contribution in [0.25, 0.3) is 0 Å². The Labute approximate surface area is 152 Å². The third-order valence-corrected chi connectivity index (χ3v) is 6.93. The molecule has 25 heavy (non-hydrogen) atoms. The molecular weight excluding hydrogens is 339 g/mol. The molecule has 2 amide bonds. The van der Waals surface area contributed by atoms with Crippen molar-refractivity contribution in [1.82, 2.24) is 9.80 Å². The topological polar surface area (TPSA) is 40.6 Å². The molecule has 2 atom stereocenters. The minimum absolute atomic E-state index is 0.0129. The first kappa shape index (κ1) is 19.6. The number of nitrogens with zero attached hydrogens (tertiary/aromatic N) is 2. The Morgan fingerprint density at radius 2 is 1.68 bits per heavy atom. The second kappa shape index (κ2) is 8.61. The zero-order valence-electron chi connectivity index (χ0n) is 14.9. The monoisotopic (exact) mass is 366 g/mol. The second-order valence-electron chi connectivity index (χ2n) is 6.65. The summed E-state index contributed by atoms with van der Waals surface area (Å²) in [4.78, 5) is 28.6. The molecule has 6 heteroatoms. The minimum atomic E-state index is -0.502. The highest BCUT2D eigenvalue weighted by Gasteiger charge is 2.34. The van der Waals surface area contributed by atoms with Crippen LogP contribution in [0.1, 0.15) is 26.2 Å². The van der Waals surface area contributed by atoms with E-state index >= 15 is 0 Å². The largest absolute Gasteiger partial charge is 0.343 e. The zero-order chi connectivity index (χ0) is 18.6. The molecule has 0 radical (unpaired) electrons. The molecule has 0 saturated carbocycles. The van der Waals surface area contributed by atoms with Crippen LogP contribution in [0.4, 0.5) is 4.39 Å². The number of carbonyl (C=O) groups is 2. The number of hydrogen-bond donors (Lipinski definition) is 0. The van der Waals surface area contributed by atoms with Gasteiger partial charge in [-0.05, 0) is 36.3 Å². The molecule has 2 saturated heterocycles. The smallest absolute Gasteiger partial charge is 0.225 e. The number of piperidine rings is 1. The summed E-state index contributed by atoms with van der Waals surface area (Å²) in [5, 5.41) is 0.270. The average molecular weight is 367 g/mol. The van der Waals surface area contributed by atoms with Crippen molar-refractivity contribution in [3.05, 3.63) is 36.0 Å². The molecule has 0 spiro atoms. The van der Waals surface area contributed by atoms with E-state index in [9.17, 15) is 14.0 Å². The number of carbonyl (C=O) groups excluding carboxylic acids is 2. The Kier molecular flexibility index (Phi) is 6.76. The van der Waals surface area contributed by atoms with Crippen molar-refractivity contribution in [3.8, 4) is 0 Å². The lowest BCUT2D eigenvalue weighted by Gasteiger charge is -2.32. The second-order valence-corrected chi connectivity index (χ2v) is 8.70. The van der Waals surface area contributed by atoms with Crippen molar-refractivity contribution in [3.63, 3.8) is 0 Å². The number of rotatable bonds is 5. The third kappa shape index (κ3) is 5.14. The van der Waals surface area contributed by atoms with Crippen LogP contribution in [-0.2, 0) is 9.59 Å². The van der Waals surface area contributed by atoms with Gasteiger partial charge in [0.2, 0.25) is 11.8 Å². The van der Waals surface area contributed by atoms with Crippen LogP contribution in [0.5, 0.6) is 0 Å². The molecule has 0 N–H and O–H groups in total. The standard InChI is InChI=1S/C19H27FN2O2S/c1-14(20)5-6-15(2)25(4)18-9-12-22(13-18)19(24)17-7-10-21(11-8-17)16(3)23/h5-6,17-18H,1-2,4,7-13H2,3H3/b6-5-. The molecule has 0 aromatic rings. The van der Waals surface area contributed by atoms with Gasteiger partial charge in [0.25, 0.3) is 0 Å². The Morgan fingerprint density at radius 1 is 1.08 bits per heavy atom. The molecule has 2 aliphatic rings. The summed E-state index contributed by atoms with van der Waals surface area (Å²) in [5.41, 5.74) is 0. The van der Waals surface area contributed by atoms with Gasteiger partial charge in [0.05, 0.1) is 0 Å². The number of likely N-dealkylation sites (tertiary alicyclic amines) is 2. The van der Waals surface area contributed by atoms with Gasteiger partial charge in [-0.25, -0.2) is 4.39 Å². The van der Waals surface area contributed by atoms with Crippen LogP contribution in [-0.4, -0.2) is 58.9 Å². The molecule has 0 aromatic heterocycles. The van der Waals surface area contributed by atoms with Crippen LogP contribution in [0.15, 0.2) is 36.0 Å². The van der Waals surface area contributed by atoms with Crippen LogP contribution in [0, 0.1) is 5.92 Å². The fourth-order valence-corrected chi connectivity index (χ4v) is 4.77. The molecule has 0 aromatic carbocycles. The van der Waals surface area contributed by atoms with E-state index in [-0.39, 0.29) is 33.5 Å². The highest BCUT2D eigenvalue weighted by molar-refractivity contribution is 8.18. The van der Waals surface area contributed by atoms with E-state index in [1.54, 1.807) is 17.9 Å². The predicted octanol–water partition coefficient (Wildman–Crippen LogP) is 3.10. The maximum Gasteiger partial charge on any atom is 0.225 e. The lowest BCUT2D eigenvalue weighted by atomic mass is 9.95. The van der Waals surface area contributed by atoms with Crippen molar-refractivity contribution in [1.29, 1.82) is 0 Å². The third-order valence-electron chi connectivity index (χ3n) is 4.94. The van der Waals surface area contributed by atoms with Gasteiger partial charge in [-0.3, -0.25) is 9.59 Å². The quantitative estimate of drug-likeness (QED) is 0.554. The summed E-state index contributed by atoms with van der Waals surface area (Å²) in [7, 11) is -0.346. The summed E-state index contributed by atoms with van der Waals surface area (Å²) in [6.07, 6.45) is 5.30. The van der Waals surface area contributed by atoms with E-state index < -0.39 is 5.83 Å². The summed E-state index contributed by atoms with van der Waals surface area (Å²) in [6.45, 7) is 11.5. The number of allylic oxidation sites excluding steroid dienone is 3. The fraction of sp³-hybridized carbons (Fsp3) is 0.526. The normalized spacial score (nSPS) is 23.0. The average Bonchev–Trinajstić information content (AvgIpc) is 3.08. The molecule has 0 aliphatic carbocycles. The van der Waals surface area contributed by atoms with E-state index in [1.165, 1.54) is 6.08 Å². The van der Waals surface area contributed by atoms with E-state index in [2.05, 4.69) is 19.0 Å². The molecule has 2 fully saturated rings. The van der Waals surface area contributed by atoms with Crippen molar-refractivity contribution in [2.45, 2.75) is 31.4 Å². The van der Waals surface area contributed by atoms with Gasteiger partial charge in [0, 0.05) is 44.3 Å². The summed E-state index contributed by atoms with van der Waals surface area (Å²) in [6, 6.07) is 0. The Bertz CT molecular complexity index is 621. The first-order chi connectivity index (χ1) is 11.8. The number of hydrogen-bond acceptors (Lipinski definition) is 2.